The fourth-order valence-corrected chi connectivity index (χ4v) is 5.79. The molecule has 34 heavy (non-hydrogen) atoms. The van der Waals surface area contributed by atoms with Gasteiger partial charge in [0.25, 0.3) is 5.91 Å². The molecule has 2 saturated carbocycles. The van der Waals surface area contributed by atoms with Crippen LogP contribution in [0.4, 0.5) is 5.13 Å². The molecule has 0 aromatic carbocycles. The largest absolute Gasteiger partial charge is 0.342 e. The van der Waals surface area contributed by atoms with E-state index in [-0.39, 0.29) is 11.7 Å². The van der Waals surface area contributed by atoms with E-state index in [4.69, 9.17) is 4.99 Å². The van der Waals surface area contributed by atoms with Crippen LogP contribution in [0, 0.1) is 6.92 Å². The van der Waals surface area contributed by atoms with Gasteiger partial charge in [-0.15, -0.1) is 0 Å². The van der Waals surface area contributed by atoms with Gasteiger partial charge in [-0.05, 0) is 45.6 Å². The molecule has 176 valence electrons. The highest BCUT2D eigenvalue weighted by molar-refractivity contribution is 7.17. The molecule has 1 N–H and O–H groups in total. The van der Waals surface area contributed by atoms with Gasteiger partial charge >= 0.3 is 0 Å². The number of nitrogens with zero attached hydrogens (tertiary/aromatic N) is 6. The van der Waals surface area contributed by atoms with Crippen LogP contribution in [0.3, 0.4) is 0 Å². The van der Waals surface area contributed by atoms with Crippen molar-refractivity contribution < 1.29 is 9.59 Å². The lowest BCUT2D eigenvalue weighted by atomic mass is 10.2. The third kappa shape index (κ3) is 3.23. The minimum Gasteiger partial charge on any atom is -0.342 e. The van der Waals surface area contributed by atoms with Crippen molar-refractivity contribution in [2.75, 3.05) is 0 Å². The Morgan fingerprint density at radius 3 is 2.56 bits per heavy atom. The number of Topliss-reactive ketones (excluding diaryl/α,β-unsaturated/α-hetero) is 1. The van der Waals surface area contributed by atoms with Crippen molar-refractivity contribution in [3.8, 4) is 0 Å². The molecule has 4 aromatic rings. The average Bonchev–Trinajstić information content (AvgIpc) is 3.69. The van der Waals surface area contributed by atoms with Crippen molar-refractivity contribution >= 4 is 50.2 Å². The third-order valence-electron chi connectivity index (χ3n) is 6.78. The maximum atomic E-state index is 13.7. The summed E-state index contributed by atoms with van der Waals surface area (Å²) < 4.78 is 4.08. The van der Waals surface area contributed by atoms with Crippen LogP contribution in [0.15, 0.2) is 17.4 Å². The van der Waals surface area contributed by atoms with E-state index in [1.54, 1.807) is 13.3 Å². The van der Waals surface area contributed by atoms with Crippen LogP contribution in [0.5, 0.6) is 0 Å². The Morgan fingerprint density at radius 2 is 1.97 bits per heavy atom. The molecule has 2 aliphatic carbocycles. The lowest BCUT2D eigenvalue weighted by molar-refractivity contribution is 0.0719. The predicted octanol–water partition coefficient (Wildman–Crippen LogP) is 3.84. The van der Waals surface area contributed by atoms with E-state index in [1.807, 2.05) is 24.6 Å². The standard InChI is InChI=1S/C24H27N7O2S/c1-5-30-17(23(33)31(14-6-7-14)15-8-9-15)10-16-18-19(26-11-25-18)21(29(4)22(16)30)28-24-27-12(2)20(34-24)13(3)32/h10-11,14-15H,5-9H2,1-4H3,(H,25,26). The Labute approximate surface area is 200 Å². The number of thiazole rings is 1. The number of carbonyl (C=O) groups excluding carboxylic acids is 2. The third-order valence-corrected chi connectivity index (χ3v) is 7.93. The molecule has 1 amide bonds. The zero-order valence-corrected chi connectivity index (χ0v) is 20.6. The molecule has 4 heterocycles. The summed E-state index contributed by atoms with van der Waals surface area (Å²) in [5.41, 5.74) is 4.51. The highest BCUT2D eigenvalue weighted by Crippen LogP contribution is 2.39. The molecule has 9 nitrogen and oxygen atoms in total. The Balaban J connectivity index is 1.59. The molecule has 2 aliphatic rings. The van der Waals surface area contributed by atoms with E-state index >= 15 is 0 Å². The van der Waals surface area contributed by atoms with Crippen LogP contribution in [-0.4, -0.2) is 52.8 Å². The second kappa shape index (κ2) is 7.63. The van der Waals surface area contributed by atoms with Gasteiger partial charge in [0, 0.05) is 38.0 Å². The fraction of sp³-hybridized carbons (Fsp3) is 0.458. The summed E-state index contributed by atoms with van der Waals surface area (Å²) in [5, 5.41) is 1.45. The number of H-pyrrole nitrogens is 1. The normalized spacial score (nSPS) is 16.6. The van der Waals surface area contributed by atoms with Crippen LogP contribution < -0.4 is 5.49 Å². The van der Waals surface area contributed by atoms with Crippen LogP contribution >= 0.6 is 11.3 Å². The number of aromatic amines is 1. The van der Waals surface area contributed by atoms with Crippen LogP contribution in [-0.2, 0) is 13.6 Å². The molecule has 0 radical (unpaired) electrons. The molecule has 6 rings (SSSR count). The van der Waals surface area contributed by atoms with E-state index in [1.165, 1.54) is 11.3 Å². The summed E-state index contributed by atoms with van der Waals surface area (Å²) in [6.07, 6.45) is 6.06. The number of ketones is 1. The minimum atomic E-state index is -0.0122. The first-order valence-corrected chi connectivity index (χ1v) is 12.6. The number of rotatable bonds is 6. The molecular formula is C24H27N7O2S. The number of aryl methyl sites for hydroxylation is 3. The van der Waals surface area contributed by atoms with Crippen LogP contribution in [0.1, 0.15) is 65.4 Å². The van der Waals surface area contributed by atoms with E-state index in [9.17, 15) is 9.59 Å². The summed E-state index contributed by atoms with van der Waals surface area (Å²) in [6.45, 7) is 6.08. The topological polar surface area (TPSA) is 101 Å². The predicted molar refractivity (Wildman–Crippen MR) is 131 cm³/mol. The highest BCUT2D eigenvalue weighted by atomic mass is 32.1. The Kier molecular flexibility index (Phi) is 4.77. The molecule has 4 aromatic heterocycles. The first-order valence-electron chi connectivity index (χ1n) is 11.8. The molecule has 0 aliphatic heterocycles. The molecule has 2 fully saturated rings. The first-order chi connectivity index (χ1) is 16.4. The summed E-state index contributed by atoms with van der Waals surface area (Å²) in [5.74, 6) is 0.105. The first kappa shape index (κ1) is 21.3. The van der Waals surface area contributed by atoms with Crippen molar-refractivity contribution in [2.45, 2.75) is 65.1 Å². The number of amides is 1. The number of nitrogens with one attached hydrogen (secondary N) is 1. The molecule has 0 bridgehead atoms. The van der Waals surface area contributed by atoms with E-state index in [0.29, 0.717) is 45.5 Å². The zero-order chi connectivity index (χ0) is 23.7. The maximum Gasteiger partial charge on any atom is 0.271 e. The van der Waals surface area contributed by atoms with Crippen molar-refractivity contribution in [1.82, 2.24) is 29.0 Å². The number of carbonyl (C=O) groups is 2. The monoisotopic (exact) mass is 477 g/mol. The van der Waals surface area contributed by atoms with E-state index in [0.717, 1.165) is 47.8 Å². The number of hydrogen-bond donors (Lipinski definition) is 1. The number of pyridine rings is 1. The average molecular weight is 478 g/mol. The van der Waals surface area contributed by atoms with E-state index < -0.39 is 0 Å². The summed E-state index contributed by atoms with van der Waals surface area (Å²) in [7, 11) is 1.95. The second-order valence-electron chi connectivity index (χ2n) is 9.27. The lowest BCUT2D eigenvalue weighted by Crippen LogP contribution is -2.36. The number of aromatic nitrogens is 5. The summed E-state index contributed by atoms with van der Waals surface area (Å²) in [4.78, 5) is 45.5. The van der Waals surface area contributed by atoms with Crippen molar-refractivity contribution in [3.63, 3.8) is 0 Å². The van der Waals surface area contributed by atoms with Gasteiger partial charge in [-0.2, -0.15) is 4.99 Å². The zero-order valence-electron chi connectivity index (χ0n) is 19.8. The van der Waals surface area contributed by atoms with Gasteiger partial charge in [0.2, 0.25) is 5.13 Å². The Hall–Kier alpha value is -3.27. The smallest absolute Gasteiger partial charge is 0.271 e. The van der Waals surface area contributed by atoms with Crippen molar-refractivity contribution in [3.05, 3.63) is 34.1 Å². The molecule has 0 saturated heterocycles. The van der Waals surface area contributed by atoms with Crippen molar-refractivity contribution in [1.29, 1.82) is 0 Å². The minimum absolute atomic E-state index is 0.0122. The van der Waals surface area contributed by atoms with Gasteiger partial charge in [0.05, 0.1) is 16.9 Å². The number of hydrogen-bond acceptors (Lipinski definition) is 6. The summed E-state index contributed by atoms with van der Waals surface area (Å²) in [6, 6.07) is 2.76. The second-order valence-corrected chi connectivity index (χ2v) is 10.3. The summed E-state index contributed by atoms with van der Waals surface area (Å²) >= 11 is 1.29. The van der Waals surface area contributed by atoms with Gasteiger partial charge in [-0.1, -0.05) is 11.3 Å². The SMILES string of the molecule is CCn1c(C(=O)N(C2CC2)C2CC2)cc2c3nc[nH]c3c(=Nc3nc(C)c(C(C)=O)s3)n(C)c21. The number of imidazole rings is 1. The van der Waals surface area contributed by atoms with Gasteiger partial charge in [0.1, 0.15) is 22.4 Å². The molecule has 0 unspecified atom stereocenters. The Bertz CT molecular complexity index is 1530. The molecule has 10 heteroatoms. The van der Waals surface area contributed by atoms with Gasteiger partial charge in [-0.3, -0.25) is 9.59 Å². The Morgan fingerprint density at radius 1 is 1.26 bits per heavy atom. The van der Waals surface area contributed by atoms with Crippen LogP contribution in [0.2, 0.25) is 0 Å². The molecule has 0 spiro atoms. The highest BCUT2D eigenvalue weighted by Gasteiger charge is 2.43. The van der Waals surface area contributed by atoms with E-state index in [2.05, 4.69) is 31.3 Å². The molecule has 0 atom stereocenters. The fourth-order valence-electron chi connectivity index (χ4n) is 4.95. The maximum absolute atomic E-state index is 13.7. The van der Waals surface area contributed by atoms with Gasteiger partial charge in [-0.25, -0.2) is 9.97 Å². The van der Waals surface area contributed by atoms with Gasteiger partial charge < -0.3 is 19.0 Å². The molecular weight excluding hydrogens is 450 g/mol. The quantitative estimate of drug-likeness (QED) is 0.426. The van der Waals surface area contributed by atoms with Crippen LogP contribution in [0.25, 0.3) is 22.1 Å². The lowest BCUT2D eigenvalue weighted by Gasteiger charge is -2.23. The van der Waals surface area contributed by atoms with Gasteiger partial charge in [0.15, 0.2) is 11.3 Å². The number of fused-ring (bicyclic) bond motifs is 3. The van der Waals surface area contributed by atoms with Crippen molar-refractivity contribution in [2.24, 2.45) is 12.0 Å².